The fourth-order valence-corrected chi connectivity index (χ4v) is 0.302. The third kappa shape index (κ3) is 0.428. The summed E-state index contributed by atoms with van der Waals surface area (Å²) < 4.78 is 0. The zero-order chi connectivity index (χ0) is 3.86. The van der Waals surface area contributed by atoms with Crippen LogP contribution in [0, 0.1) is 5.92 Å². The molecule has 0 amide bonds. The molecule has 1 saturated carbocycles. The monoisotopic (exact) mass is 72.1 g/mol. The van der Waals surface area contributed by atoms with Crippen LogP contribution in [0.5, 0.6) is 0 Å². The van der Waals surface area contributed by atoms with E-state index in [9.17, 15) is 0 Å². The molecule has 0 aromatic rings. The molecule has 1 fully saturated rings. The van der Waals surface area contributed by atoms with Gasteiger partial charge in [-0.15, -0.1) is 0 Å². The minimum atomic E-state index is 0.0509. The van der Waals surface area contributed by atoms with Crippen molar-refractivity contribution in [3.63, 3.8) is 0 Å². The van der Waals surface area contributed by atoms with E-state index < -0.39 is 0 Å². The summed E-state index contributed by atoms with van der Waals surface area (Å²) >= 11 is 0. The molecule has 1 aliphatic rings. The molecule has 0 radical (unpaired) electrons. The zero-order valence-corrected chi connectivity index (χ0v) is 3.31. The smallest absolute Gasteiger partial charge is 0.0570 e. The third-order valence-corrected chi connectivity index (χ3v) is 1.07. The molecule has 5 heavy (non-hydrogen) atoms. The van der Waals surface area contributed by atoms with E-state index >= 15 is 0 Å². The highest BCUT2D eigenvalue weighted by Gasteiger charge is 2.29. The Bertz CT molecular complexity index is 36.9. The molecule has 1 nitrogen and oxygen atoms in total. The number of hydrogen-bond acceptors (Lipinski definition) is 1. The van der Waals surface area contributed by atoms with Gasteiger partial charge in [0.05, 0.1) is 6.10 Å². The Morgan fingerprint density at radius 2 is 2.00 bits per heavy atom. The van der Waals surface area contributed by atoms with Crippen LogP contribution in [0.1, 0.15) is 13.3 Å². The van der Waals surface area contributed by atoms with Crippen molar-refractivity contribution in [3.05, 3.63) is 0 Å². The first kappa shape index (κ1) is 3.16. The lowest BCUT2D eigenvalue weighted by Crippen LogP contribution is -1.74. The van der Waals surface area contributed by atoms with Gasteiger partial charge in [-0.3, -0.25) is 0 Å². The van der Waals surface area contributed by atoms with Crippen LogP contribution >= 0.6 is 0 Å². The van der Waals surface area contributed by atoms with Crippen molar-refractivity contribution < 1.29 is 5.11 Å². The van der Waals surface area contributed by atoms with E-state index in [2.05, 4.69) is 0 Å². The maximum Gasteiger partial charge on any atom is 0.0570 e. The van der Waals surface area contributed by atoms with E-state index in [-0.39, 0.29) is 6.10 Å². The fraction of sp³-hybridized carbons (Fsp3) is 1.00. The Hall–Kier alpha value is -0.0400. The van der Waals surface area contributed by atoms with E-state index in [1.165, 1.54) is 0 Å². The van der Waals surface area contributed by atoms with Crippen LogP contribution in [0.3, 0.4) is 0 Å². The second-order valence-corrected chi connectivity index (χ2v) is 1.78. The van der Waals surface area contributed by atoms with Crippen molar-refractivity contribution in [3.8, 4) is 0 Å². The largest absolute Gasteiger partial charge is 0.393 e. The molecule has 0 spiro atoms. The fourth-order valence-electron chi connectivity index (χ4n) is 0.302. The van der Waals surface area contributed by atoms with Gasteiger partial charge in [0.15, 0.2) is 0 Å². The lowest BCUT2D eigenvalue weighted by atomic mass is 10.5. The average molecular weight is 72.1 g/mol. The molecule has 0 aliphatic heterocycles. The van der Waals surface area contributed by atoms with Crippen molar-refractivity contribution in [1.82, 2.24) is 0 Å². The van der Waals surface area contributed by atoms with Gasteiger partial charge in [-0.05, 0) is 12.3 Å². The van der Waals surface area contributed by atoms with Crippen LogP contribution in [0.4, 0.5) is 0 Å². The lowest BCUT2D eigenvalue weighted by molar-refractivity contribution is 0.263. The summed E-state index contributed by atoms with van der Waals surface area (Å²) in [6, 6.07) is 0. The summed E-state index contributed by atoms with van der Waals surface area (Å²) in [5.41, 5.74) is 0. The molecule has 0 aromatic heterocycles. The maximum atomic E-state index is 8.44. The van der Waals surface area contributed by atoms with Crippen molar-refractivity contribution in [2.24, 2.45) is 5.92 Å². The molecule has 0 aromatic carbocycles. The van der Waals surface area contributed by atoms with Gasteiger partial charge in [0.2, 0.25) is 0 Å². The van der Waals surface area contributed by atoms with Crippen LogP contribution < -0.4 is 0 Å². The van der Waals surface area contributed by atoms with Gasteiger partial charge in [-0.25, -0.2) is 0 Å². The summed E-state index contributed by atoms with van der Waals surface area (Å²) in [7, 11) is 0. The molecule has 1 N–H and O–H groups in total. The van der Waals surface area contributed by atoms with Crippen molar-refractivity contribution in [2.45, 2.75) is 19.4 Å². The van der Waals surface area contributed by atoms with E-state index in [0.29, 0.717) is 5.92 Å². The Morgan fingerprint density at radius 3 is 2.00 bits per heavy atom. The quantitative estimate of drug-likeness (QED) is 0.439. The van der Waals surface area contributed by atoms with E-state index in [4.69, 9.17) is 5.11 Å². The Kier molecular flexibility index (Phi) is 0.453. The molecule has 0 heterocycles. The molecule has 30 valence electrons. The highest BCUT2D eigenvalue weighted by Crippen LogP contribution is 2.27. The SMILES string of the molecule is C[C@@H]1CC1O. The van der Waals surface area contributed by atoms with E-state index in [1.807, 2.05) is 6.92 Å². The molecule has 1 heteroatoms. The Balaban J connectivity index is 2.20. The number of hydrogen-bond donors (Lipinski definition) is 1. The number of rotatable bonds is 0. The topological polar surface area (TPSA) is 20.2 Å². The van der Waals surface area contributed by atoms with Crippen LogP contribution in [0.25, 0.3) is 0 Å². The highest BCUT2D eigenvalue weighted by molar-refractivity contribution is 4.80. The van der Waals surface area contributed by atoms with Gasteiger partial charge in [-0.1, -0.05) is 6.92 Å². The Morgan fingerprint density at radius 1 is 1.80 bits per heavy atom. The summed E-state index contributed by atoms with van der Waals surface area (Å²) in [5, 5.41) is 8.44. The third-order valence-electron chi connectivity index (χ3n) is 1.07. The van der Waals surface area contributed by atoms with Crippen LogP contribution in [-0.2, 0) is 0 Å². The van der Waals surface area contributed by atoms with Gasteiger partial charge in [0, 0.05) is 0 Å². The molecule has 1 rings (SSSR count). The second-order valence-electron chi connectivity index (χ2n) is 1.78. The molecule has 0 bridgehead atoms. The standard InChI is InChI=1S/C4H8O/c1-3-2-4(3)5/h3-5H,2H2,1H3/t3-,4?/m1/s1. The molecule has 2 atom stereocenters. The van der Waals surface area contributed by atoms with Gasteiger partial charge < -0.3 is 5.11 Å². The molecular weight excluding hydrogens is 64.0 g/mol. The first-order valence-corrected chi connectivity index (χ1v) is 1.99. The predicted molar refractivity (Wildman–Crippen MR) is 19.8 cm³/mol. The number of aliphatic hydroxyl groups excluding tert-OH is 1. The molecule has 1 aliphatic carbocycles. The average Bonchev–Trinajstić information content (AvgIpc) is 1.79. The van der Waals surface area contributed by atoms with Crippen LogP contribution in [0.15, 0.2) is 0 Å². The van der Waals surface area contributed by atoms with Crippen LogP contribution in [0.2, 0.25) is 0 Å². The van der Waals surface area contributed by atoms with Gasteiger partial charge >= 0.3 is 0 Å². The molecule has 1 unspecified atom stereocenters. The summed E-state index contributed by atoms with van der Waals surface area (Å²) in [4.78, 5) is 0. The summed E-state index contributed by atoms with van der Waals surface area (Å²) in [5.74, 6) is 0.606. The first-order valence-electron chi connectivity index (χ1n) is 1.99. The van der Waals surface area contributed by atoms with E-state index in [0.717, 1.165) is 6.42 Å². The van der Waals surface area contributed by atoms with Gasteiger partial charge in [0.1, 0.15) is 0 Å². The van der Waals surface area contributed by atoms with Gasteiger partial charge in [0.25, 0.3) is 0 Å². The van der Waals surface area contributed by atoms with Crippen LogP contribution in [-0.4, -0.2) is 11.2 Å². The Labute approximate surface area is 31.6 Å². The zero-order valence-electron chi connectivity index (χ0n) is 3.31. The molecule has 0 saturated heterocycles. The van der Waals surface area contributed by atoms with Crippen molar-refractivity contribution in [1.29, 1.82) is 0 Å². The minimum Gasteiger partial charge on any atom is -0.393 e. The minimum absolute atomic E-state index is 0.0509. The normalized spacial score (nSPS) is 49.2. The van der Waals surface area contributed by atoms with Crippen molar-refractivity contribution >= 4 is 0 Å². The van der Waals surface area contributed by atoms with Gasteiger partial charge in [-0.2, -0.15) is 0 Å². The second kappa shape index (κ2) is 0.716. The maximum absolute atomic E-state index is 8.44. The molecular formula is C4H8O. The summed E-state index contributed by atoms with van der Waals surface area (Å²) in [6.45, 7) is 2.05. The highest BCUT2D eigenvalue weighted by atomic mass is 16.3. The first-order chi connectivity index (χ1) is 2.30. The van der Waals surface area contributed by atoms with E-state index in [1.54, 1.807) is 0 Å². The van der Waals surface area contributed by atoms with Crippen molar-refractivity contribution in [2.75, 3.05) is 0 Å². The number of aliphatic hydroxyl groups is 1. The lowest BCUT2D eigenvalue weighted by Gasteiger charge is -1.68. The predicted octanol–water partition coefficient (Wildman–Crippen LogP) is 0.387. The summed E-state index contributed by atoms with van der Waals surface area (Å²) in [6.07, 6.45) is 1.08.